The van der Waals surface area contributed by atoms with E-state index in [4.69, 9.17) is 15.6 Å². The molecule has 0 fully saturated rings. The van der Waals surface area contributed by atoms with Crippen LogP contribution in [0.3, 0.4) is 0 Å². The van der Waals surface area contributed by atoms with E-state index in [0.717, 1.165) is 6.42 Å². The number of carboxylic acid groups (broad SMARTS) is 1. The van der Waals surface area contributed by atoms with Crippen molar-refractivity contribution in [1.29, 1.82) is 0 Å². The molecule has 0 atom stereocenters. The van der Waals surface area contributed by atoms with Crippen LogP contribution in [0.5, 0.6) is 0 Å². The van der Waals surface area contributed by atoms with Gasteiger partial charge in [0.25, 0.3) is 0 Å². The lowest BCUT2D eigenvalue weighted by molar-refractivity contribution is 0.0697. The van der Waals surface area contributed by atoms with Crippen LogP contribution in [-0.2, 0) is 11.2 Å². The highest BCUT2D eigenvalue weighted by molar-refractivity contribution is 5.92. The molecule has 15 heavy (non-hydrogen) atoms. The molecule has 0 aromatic carbocycles. The van der Waals surface area contributed by atoms with Gasteiger partial charge in [0.1, 0.15) is 17.2 Å². The predicted octanol–water partition coefficient (Wildman–Crippen LogP) is 0.336. The summed E-state index contributed by atoms with van der Waals surface area (Å²) >= 11 is 0. The van der Waals surface area contributed by atoms with Crippen LogP contribution in [0.1, 0.15) is 22.6 Å². The fraction of sp³-hybridized carbons (Fsp3) is 0.444. The van der Waals surface area contributed by atoms with Crippen molar-refractivity contribution in [3.8, 4) is 0 Å². The van der Waals surface area contributed by atoms with E-state index in [1.807, 2.05) is 0 Å². The van der Waals surface area contributed by atoms with Crippen molar-refractivity contribution in [3.63, 3.8) is 0 Å². The van der Waals surface area contributed by atoms with Crippen molar-refractivity contribution >= 4 is 11.8 Å². The Labute approximate surface area is 87.1 Å². The van der Waals surface area contributed by atoms with Crippen LogP contribution < -0.4 is 5.73 Å². The first-order valence-electron chi connectivity index (χ1n) is 4.48. The Kier molecular flexibility index (Phi) is 3.99. The molecule has 0 saturated carbocycles. The molecular formula is C9H13N3O3. The van der Waals surface area contributed by atoms with Crippen LogP contribution in [0.4, 0.5) is 5.82 Å². The zero-order chi connectivity index (χ0) is 11.3. The topological polar surface area (TPSA) is 98.3 Å². The van der Waals surface area contributed by atoms with E-state index in [1.54, 1.807) is 7.11 Å². The number of hydrogen-bond donors (Lipinski definition) is 2. The van der Waals surface area contributed by atoms with Gasteiger partial charge in [-0.2, -0.15) is 0 Å². The molecule has 3 N–H and O–H groups in total. The summed E-state index contributed by atoms with van der Waals surface area (Å²) in [5.41, 5.74) is 5.40. The second-order valence-corrected chi connectivity index (χ2v) is 2.99. The molecule has 0 spiro atoms. The smallest absolute Gasteiger partial charge is 0.341 e. The number of carbonyl (C=O) groups is 1. The number of anilines is 1. The van der Waals surface area contributed by atoms with Gasteiger partial charge in [-0.15, -0.1) is 0 Å². The van der Waals surface area contributed by atoms with E-state index in [-0.39, 0.29) is 11.4 Å². The Morgan fingerprint density at radius 3 is 2.93 bits per heavy atom. The molecule has 1 aromatic heterocycles. The van der Waals surface area contributed by atoms with Crippen molar-refractivity contribution in [2.45, 2.75) is 12.8 Å². The number of nitrogens with two attached hydrogens (primary N) is 1. The Morgan fingerprint density at radius 1 is 1.67 bits per heavy atom. The molecule has 82 valence electrons. The molecule has 0 unspecified atom stereocenters. The van der Waals surface area contributed by atoms with E-state index < -0.39 is 5.97 Å². The number of hydrogen-bond acceptors (Lipinski definition) is 5. The molecule has 1 rings (SSSR count). The normalized spacial score (nSPS) is 10.2. The van der Waals surface area contributed by atoms with Gasteiger partial charge in [0.05, 0.1) is 0 Å². The van der Waals surface area contributed by atoms with Crippen molar-refractivity contribution in [2.75, 3.05) is 19.5 Å². The summed E-state index contributed by atoms with van der Waals surface area (Å²) in [6.07, 6.45) is 2.63. The van der Waals surface area contributed by atoms with Gasteiger partial charge < -0.3 is 15.6 Å². The Morgan fingerprint density at radius 2 is 2.40 bits per heavy atom. The molecule has 0 radical (unpaired) electrons. The molecular weight excluding hydrogens is 198 g/mol. The number of rotatable bonds is 5. The standard InChI is InChI=1S/C9H13N3O3/c1-15-4-2-3-7-11-5-6(9(13)14)8(10)12-7/h5H,2-4H2,1H3,(H,13,14)(H2,10,11,12). The quantitative estimate of drug-likeness (QED) is 0.681. The number of aromatic nitrogens is 2. The third kappa shape index (κ3) is 3.17. The fourth-order valence-corrected chi connectivity index (χ4v) is 1.09. The molecule has 1 aromatic rings. The molecule has 0 aliphatic rings. The Hall–Kier alpha value is -1.69. The maximum atomic E-state index is 10.6. The summed E-state index contributed by atoms with van der Waals surface area (Å²) in [6, 6.07) is 0. The first-order valence-corrected chi connectivity index (χ1v) is 4.48. The summed E-state index contributed by atoms with van der Waals surface area (Å²) in [5.74, 6) is -0.574. The van der Waals surface area contributed by atoms with Crippen LogP contribution in [-0.4, -0.2) is 34.8 Å². The van der Waals surface area contributed by atoms with Crippen LogP contribution >= 0.6 is 0 Å². The first-order chi connectivity index (χ1) is 7.15. The summed E-state index contributed by atoms with van der Waals surface area (Å²) < 4.78 is 4.87. The maximum absolute atomic E-state index is 10.6. The number of nitrogen functional groups attached to an aromatic ring is 1. The zero-order valence-corrected chi connectivity index (χ0v) is 8.43. The van der Waals surface area contributed by atoms with Gasteiger partial charge in [-0.1, -0.05) is 0 Å². The van der Waals surface area contributed by atoms with E-state index in [9.17, 15) is 4.79 Å². The average Bonchev–Trinajstić information content (AvgIpc) is 2.17. The molecule has 0 aliphatic carbocycles. The molecule has 0 amide bonds. The Balaban J connectivity index is 2.69. The zero-order valence-electron chi connectivity index (χ0n) is 8.43. The van der Waals surface area contributed by atoms with Crippen molar-refractivity contribution in [1.82, 2.24) is 9.97 Å². The number of aromatic carboxylic acids is 1. The number of ether oxygens (including phenoxy) is 1. The van der Waals surface area contributed by atoms with Crippen LogP contribution in [0.2, 0.25) is 0 Å². The molecule has 6 nitrogen and oxygen atoms in total. The minimum absolute atomic E-state index is 0.00455. The summed E-state index contributed by atoms with van der Waals surface area (Å²) in [5, 5.41) is 8.69. The first kappa shape index (κ1) is 11.4. The molecule has 1 heterocycles. The largest absolute Gasteiger partial charge is 0.477 e. The second-order valence-electron chi connectivity index (χ2n) is 2.99. The number of carboxylic acids is 1. The lowest BCUT2D eigenvalue weighted by Crippen LogP contribution is -2.08. The third-order valence-corrected chi connectivity index (χ3v) is 1.85. The molecule has 6 heteroatoms. The number of aryl methyl sites for hydroxylation is 1. The van der Waals surface area contributed by atoms with E-state index in [2.05, 4.69) is 9.97 Å². The van der Waals surface area contributed by atoms with Gasteiger partial charge >= 0.3 is 5.97 Å². The Bertz CT molecular complexity index is 354. The number of methoxy groups -OCH3 is 1. The van der Waals surface area contributed by atoms with Gasteiger partial charge in [0.15, 0.2) is 0 Å². The summed E-state index contributed by atoms with van der Waals surface area (Å²) in [6.45, 7) is 0.615. The van der Waals surface area contributed by atoms with Crippen molar-refractivity contribution in [3.05, 3.63) is 17.6 Å². The molecule has 0 bridgehead atoms. The average molecular weight is 211 g/mol. The van der Waals surface area contributed by atoms with Gasteiger partial charge in [-0.05, 0) is 6.42 Å². The van der Waals surface area contributed by atoms with Crippen molar-refractivity contribution < 1.29 is 14.6 Å². The minimum Gasteiger partial charge on any atom is -0.477 e. The van der Waals surface area contributed by atoms with Gasteiger partial charge in [0.2, 0.25) is 0 Å². The van der Waals surface area contributed by atoms with Gasteiger partial charge in [-0.25, -0.2) is 14.8 Å². The minimum atomic E-state index is -1.11. The van der Waals surface area contributed by atoms with E-state index >= 15 is 0 Å². The van der Waals surface area contributed by atoms with Crippen LogP contribution in [0, 0.1) is 0 Å². The lowest BCUT2D eigenvalue weighted by Gasteiger charge is -2.02. The molecule has 0 aliphatic heterocycles. The van der Waals surface area contributed by atoms with Crippen molar-refractivity contribution in [2.24, 2.45) is 0 Å². The van der Waals surface area contributed by atoms with Gasteiger partial charge in [0, 0.05) is 26.3 Å². The maximum Gasteiger partial charge on any atom is 0.341 e. The van der Waals surface area contributed by atoms with Crippen LogP contribution in [0.15, 0.2) is 6.20 Å². The summed E-state index contributed by atoms with van der Waals surface area (Å²) in [7, 11) is 1.61. The van der Waals surface area contributed by atoms with Gasteiger partial charge in [-0.3, -0.25) is 0 Å². The highest BCUT2D eigenvalue weighted by atomic mass is 16.5. The second kappa shape index (κ2) is 5.26. The monoisotopic (exact) mass is 211 g/mol. The lowest BCUT2D eigenvalue weighted by atomic mass is 10.2. The predicted molar refractivity (Wildman–Crippen MR) is 53.6 cm³/mol. The van der Waals surface area contributed by atoms with Crippen LogP contribution in [0.25, 0.3) is 0 Å². The molecule has 0 saturated heterocycles. The van der Waals surface area contributed by atoms with E-state index in [0.29, 0.717) is 18.9 Å². The van der Waals surface area contributed by atoms with E-state index in [1.165, 1.54) is 6.20 Å². The third-order valence-electron chi connectivity index (χ3n) is 1.85. The highest BCUT2D eigenvalue weighted by Crippen LogP contribution is 2.08. The SMILES string of the molecule is COCCCc1ncc(C(=O)O)c(N)n1. The number of nitrogens with zero attached hydrogens (tertiary/aromatic N) is 2. The fourth-order valence-electron chi connectivity index (χ4n) is 1.09. The summed E-state index contributed by atoms with van der Waals surface area (Å²) in [4.78, 5) is 18.4. The highest BCUT2D eigenvalue weighted by Gasteiger charge is 2.10.